The van der Waals surface area contributed by atoms with Gasteiger partial charge in [0.15, 0.2) is 0 Å². The van der Waals surface area contributed by atoms with Gasteiger partial charge in [-0.05, 0) is 56.0 Å². The molecule has 1 atom stereocenters. The summed E-state index contributed by atoms with van der Waals surface area (Å²) in [5.74, 6) is 1.68. The number of ether oxygens (including phenoxy) is 2. The Morgan fingerprint density at radius 3 is 2.19 bits per heavy atom. The molecule has 174 valence electrons. The van der Waals surface area contributed by atoms with Gasteiger partial charge in [-0.1, -0.05) is 43.7 Å². The molecule has 2 rings (SSSR count). The predicted molar refractivity (Wildman–Crippen MR) is 127 cm³/mol. The number of hydrogen-bond acceptors (Lipinski definition) is 4. The van der Waals surface area contributed by atoms with E-state index in [1.165, 1.54) is 5.56 Å². The van der Waals surface area contributed by atoms with Gasteiger partial charge in [-0.3, -0.25) is 9.59 Å². The maximum Gasteiger partial charge on any atom is 0.242 e. The Labute approximate surface area is 191 Å². The Kier molecular flexibility index (Phi) is 10.1. The fraction of sp³-hybridized carbons (Fsp3) is 0.462. The first-order chi connectivity index (χ1) is 15.3. The van der Waals surface area contributed by atoms with E-state index in [9.17, 15) is 9.59 Å². The molecule has 0 bridgehead atoms. The lowest BCUT2D eigenvalue weighted by Crippen LogP contribution is -2.48. The maximum atomic E-state index is 13.1. The first-order valence-electron chi connectivity index (χ1n) is 11.2. The van der Waals surface area contributed by atoms with Gasteiger partial charge in [-0.2, -0.15) is 0 Å². The van der Waals surface area contributed by atoms with Crippen LogP contribution in [-0.2, 0) is 16.1 Å². The predicted octanol–water partition coefficient (Wildman–Crippen LogP) is 4.35. The molecule has 0 spiro atoms. The highest BCUT2D eigenvalue weighted by molar-refractivity contribution is 5.87. The second-order valence-electron chi connectivity index (χ2n) is 8.45. The number of methoxy groups -OCH3 is 1. The summed E-state index contributed by atoms with van der Waals surface area (Å²) in [6.45, 7) is 9.27. The van der Waals surface area contributed by atoms with Crippen LogP contribution in [0.25, 0.3) is 0 Å². The van der Waals surface area contributed by atoms with Crippen molar-refractivity contribution in [3.05, 3.63) is 59.7 Å². The molecule has 0 aromatic heterocycles. The second-order valence-corrected chi connectivity index (χ2v) is 8.45. The van der Waals surface area contributed by atoms with Crippen LogP contribution in [0.3, 0.4) is 0 Å². The molecule has 0 heterocycles. The van der Waals surface area contributed by atoms with Crippen LogP contribution >= 0.6 is 0 Å². The summed E-state index contributed by atoms with van der Waals surface area (Å²) >= 11 is 0. The summed E-state index contributed by atoms with van der Waals surface area (Å²) in [5.41, 5.74) is 2.12. The highest BCUT2D eigenvalue weighted by Gasteiger charge is 2.25. The number of benzene rings is 2. The van der Waals surface area contributed by atoms with E-state index in [1.54, 1.807) is 18.9 Å². The van der Waals surface area contributed by atoms with Crippen molar-refractivity contribution in [1.82, 2.24) is 10.2 Å². The number of amides is 2. The average molecular weight is 441 g/mol. The smallest absolute Gasteiger partial charge is 0.242 e. The molecule has 6 nitrogen and oxygen atoms in total. The normalized spacial score (nSPS) is 11.7. The molecule has 0 aliphatic carbocycles. The van der Waals surface area contributed by atoms with Crippen molar-refractivity contribution in [1.29, 1.82) is 0 Å². The molecule has 0 saturated heterocycles. The Balaban J connectivity index is 1.99. The van der Waals surface area contributed by atoms with E-state index in [0.717, 1.165) is 17.1 Å². The van der Waals surface area contributed by atoms with Crippen LogP contribution in [0, 0.1) is 12.8 Å². The molecule has 0 fully saturated rings. The van der Waals surface area contributed by atoms with E-state index in [0.29, 0.717) is 38.5 Å². The number of aryl methyl sites for hydroxylation is 1. The summed E-state index contributed by atoms with van der Waals surface area (Å²) in [6, 6.07) is 14.8. The lowest BCUT2D eigenvalue weighted by Gasteiger charge is -2.29. The quantitative estimate of drug-likeness (QED) is 0.498. The van der Waals surface area contributed by atoms with Crippen LogP contribution < -0.4 is 14.8 Å². The Morgan fingerprint density at radius 2 is 1.59 bits per heavy atom. The highest BCUT2D eigenvalue weighted by Crippen LogP contribution is 2.17. The van der Waals surface area contributed by atoms with Gasteiger partial charge in [0.25, 0.3) is 0 Å². The zero-order valence-corrected chi connectivity index (χ0v) is 19.9. The third kappa shape index (κ3) is 8.25. The Bertz CT molecular complexity index is 847. The molecular formula is C26H36N2O4. The van der Waals surface area contributed by atoms with Gasteiger partial charge >= 0.3 is 0 Å². The van der Waals surface area contributed by atoms with Gasteiger partial charge < -0.3 is 19.7 Å². The van der Waals surface area contributed by atoms with Crippen molar-refractivity contribution >= 4 is 11.8 Å². The summed E-state index contributed by atoms with van der Waals surface area (Å²) in [4.78, 5) is 27.4. The van der Waals surface area contributed by atoms with E-state index in [1.807, 2.05) is 69.3 Å². The minimum Gasteiger partial charge on any atom is -0.497 e. The molecule has 0 aliphatic heterocycles. The second kappa shape index (κ2) is 12.7. The number of rotatable bonds is 12. The first-order valence-corrected chi connectivity index (χ1v) is 11.2. The third-order valence-electron chi connectivity index (χ3n) is 5.19. The van der Waals surface area contributed by atoms with E-state index in [2.05, 4.69) is 5.32 Å². The largest absolute Gasteiger partial charge is 0.497 e. The van der Waals surface area contributed by atoms with Gasteiger partial charge in [0, 0.05) is 19.5 Å². The summed E-state index contributed by atoms with van der Waals surface area (Å²) in [5, 5.41) is 2.94. The van der Waals surface area contributed by atoms with Crippen LogP contribution in [0.1, 0.15) is 44.7 Å². The summed E-state index contributed by atoms with van der Waals surface area (Å²) < 4.78 is 11.0. The molecule has 0 aliphatic rings. The van der Waals surface area contributed by atoms with Crippen LogP contribution in [0.5, 0.6) is 11.5 Å². The lowest BCUT2D eigenvalue weighted by atomic mass is 10.1. The molecule has 6 heteroatoms. The van der Waals surface area contributed by atoms with Crippen molar-refractivity contribution < 1.29 is 19.1 Å². The van der Waals surface area contributed by atoms with Crippen molar-refractivity contribution in [2.45, 2.75) is 53.1 Å². The molecule has 1 N–H and O–H groups in total. The maximum absolute atomic E-state index is 13.1. The Hall–Kier alpha value is -3.02. The molecule has 2 amide bonds. The molecule has 0 radical (unpaired) electrons. The zero-order chi connectivity index (χ0) is 23.5. The van der Waals surface area contributed by atoms with E-state index >= 15 is 0 Å². The van der Waals surface area contributed by atoms with E-state index in [4.69, 9.17) is 9.47 Å². The van der Waals surface area contributed by atoms with Crippen LogP contribution in [0.15, 0.2) is 48.5 Å². The van der Waals surface area contributed by atoms with E-state index < -0.39 is 6.04 Å². The number of nitrogens with zero attached hydrogens (tertiary/aromatic N) is 1. The monoisotopic (exact) mass is 440 g/mol. The molecule has 0 unspecified atom stereocenters. The lowest BCUT2D eigenvalue weighted by molar-refractivity contribution is -0.140. The molecule has 32 heavy (non-hydrogen) atoms. The van der Waals surface area contributed by atoms with E-state index in [-0.39, 0.29) is 11.8 Å². The van der Waals surface area contributed by atoms with Crippen molar-refractivity contribution in [3.8, 4) is 11.5 Å². The molecule has 2 aromatic rings. The average Bonchev–Trinajstić information content (AvgIpc) is 2.79. The van der Waals surface area contributed by atoms with Gasteiger partial charge in [-0.15, -0.1) is 0 Å². The van der Waals surface area contributed by atoms with Gasteiger partial charge in [0.1, 0.15) is 17.5 Å². The SMILES string of the molecule is COc1ccc(CN(C(=O)CCCOc2ccc(C)cc2)[C@H](C)C(=O)NCC(C)C)cc1. The Morgan fingerprint density at radius 1 is 0.969 bits per heavy atom. The summed E-state index contributed by atoms with van der Waals surface area (Å²) in [7, 11) is 1.62. The number of hydrogen-bond donors (Lipinski definition) is 1. The van der Waals surface area contributed by atoms with Crippen molar-refractivity contribution in [3.63, 3.8) is 0 Å². The molecular weight excluding hydrogens is 404 g/mol. The third-order valence-corrected chi connectivity index (χ3v) is 5.19. The zero-order valence-electron chi connectivity index (χ0n) is 19.9. The molecule has 2 aromatic carbocycles. The van der Waals surface area contributed by atoms with Crippen LogP contribution in [0.4, 0.5) is 0 Å². The number of nitrogens with one attached hydrogen (secondary N) is 1. The molecule has 0 saturated carbocycles. The summed E-state index contributed by atoms with van der Waals surface area (Å²) in [6.07, 6.45) is 0.885. The van der Waals surface area contributed by atoms with Crippen molar-refractivity contribution in [2.24, 2.45) is 5.92 Å². The standard InChI is InChI=1S/C26H36N2O4/c1-19(2)17-27-26(30)21(4)28(18-22-10-14-23(31-5)15-11-22)25(29)7-6-16-32-24-12-8-20(3)9-13-24/h8-15,19,21H,6-7,16-18H2,1-5H3,(H,27,30)/t21-/m1/s1. The van der Waals surface area contributed by atoms with Crippen LogP contribution in [-0.4, -0.2) is 43.0 Å². The highest BCUT2D eigenvalue weighted by atomic mass is 16.5. The van der Waals surface area contributed by atoms with Crippen LogP contribution in [0.2, 0.25) is 0 Å². The van der Waals surface area contributed by atoms with Gasteiger partial charge in [-0.25, -0.2) is 0 Å². The fourth-order valence-electron chi connectivity index (χ4n) is 3.15. The number of carbonyl (C=O) groups is 2. The fourth-order valence-corrected chi connectivity index (χ4v) is 3.15. The van der Waals surface area contributed by atoms with Gasteiger partial charge in [0.2, 0.25) is 11.8 Å². The minimum absolute atomic E-state index is 0.0690. The first kappa shape index (κ1) is 25.2. The van der Waals surface area contributed by atoms with Crippen molar-refractivity contribution in [2.75, 3.05) is 20.3 Å². The number of carbonyl (C=O) groups excluding carboxylic acids is 2. The van der Waals surface area contributed by atoms with Gasteiger partial charge in [0.05, 0.1) is 13.7 Å². The minimum atomic E-state index is -0.568. The topological polar surface area (TPSA) is 67.9 Å².